The van der Waals surface area contributed by atoms with Gasteiger partial charge in [0.25, 0.3) is 5.91 Å². The van der Waals surface area contributed by atoms with E-state index in [2.05, 4.69) is 51.4 Å². The number of aromatic amines is 1. The van der Waals surface area contributed by atoms with Gasteiger partial charge in [0.1, 0.15) is 5.69 Å². The molecule has 2 aliphatic heterocycles. The van der Waals surface area contributed by atoms with Gasteiger partial charge >= 0.3 is 0 Å². The molecule has 162 valence electrons. The van der Waals surface area contributed by atoms with Crippen molar-refractivity contribution in [3.63, 3.8) is 0 Å². The summed E-state index contributed by atoms with van der Waals surface area (Å²) in [5.74, 6) is -0.0643. The fourth-order valence-corrected chi connectivity index (χ4v) is 4.95. The lowest BCUT2D eigenvalue weighted by Crippen LogP contribution is -2.44. The fourth-order valence-electron chi connectivity index (χ4n) is 4.95. The molecule has 2 aromatic heterocycles. The summed E-state index contributed by atoms with van der Waals surface area (Å²) in [4.78, 5) is 22.4. The van der Waals surface area contributed by atoms with E-state index in [1.54, 1.807) is 0 Å². The monoisotopic (exact) mass is 418 g/mol. The second-order valence-electron chi connectivity index (χ2n) is 9.08. The van der Waals surface area contributed by atoms with Crippen molar-refractivity contribution in [3.05, 3.63) is 65.6 Å². The number of aryl methyl sites for hydroxylation is 1. The molecule has 5 rings (SSSR count). The Morgan fingerprint density at radius 2 is 2.00 bits per heavy atom. The predicted molar refractivity (Wildman–Crippen MR) is 121 cm³/mol. The van der Waals surface area contributed by atoms with Crippen LogP contribution in [-0.2, 0) is 11.3 Å². The van der Waals surface area contributed by atoms with Crippen molar-refractivity contribution >= 4 is 16.8 Å². The van der Waals surface area contributed by atoms with Gasteiger partial charge < -0.3 is 15.0 Å². The number of hydrogen-bond donors (Lipinski definition) is 2. The fraction of sp³-hybridized carbons (Fsp3) is 0.440. The van der Waals surface area contributed by atoms with Crippen molar-refractivity contribution in [1.29, 1.82) is 0 Å². The minimum Gasteiger partial charge on any atom is -0.370 e. The van der Waals surface area contributed by atoms with Crippen molar-refractivity contribution < 1.29 is 9.53 Å². The first-order valence-electron chi connectivity index (χ1n) is 11.3. The molecule has 6 nitrogen and oxygen atoms in total. The summed E-state index contributed by atoms with van der Waals surface area (Å²) in [6.45, 7) is 5.70. The molecular weight excluding hydrogens is 388 g/mol. The standard InChI is InChI=1S/C25H30N4O2/c1-18-2-3-22-20(14-18)15-23(28-22)24(30)27-16-21-4-7-25(31-21)8-12-29(13-9-25)17-19-5-10-26-11-6-19/h2-3,5-6,10-11,14-15,21,28H,4,7-9,12-13,16-17H2,1H3,(H,27,30). The number of amides is 1. The molecule has 0 bridgehead atoms. The van der Waals surface area contributed by atoms with Crippen LogP contribution in [0.2, 0.25) is 0 Å². The number of H-pyrrole nitrogens is 1. The third-order valence-corrected chi connectivity index (χ3v) is 6.77. The van der Waals surface area contributed by atoms with Gasteiger partial charge in [-0.3, -0.25) is 14.7 Å². The molecule has 0 radical (unpaired) electrons. The average Bonchev–Trinajstić information content (AvgIpc) is 3.39. The molecular formula is C25H30N4O2. The Hall–Kier alpha value is -2.70. The van der Waals surface area contributed by atoms with Crippen LogP contribution in [0.5, 0.6) is 0 Å². The summed E-state index contributed by atoms with van der Waals surface area (Å²) in [6, 6.07) is 12.3. The number of pyridine rings is 1. The number of piperidine rings is 1. The van der Waals surface area contributed by atoms with E-state index in [-0.39, 0.29) is 17.6 Å². The number of carbonyl (C=O) groups excluding carboxylic acids is 1. The zero-order valence-electron chi connectivity index (χ0n) is 18.1. The van der Waals surface area contributed by atoms with Gasteiger partial charge in [0.05, 0.1) is 11.7 Å². The third kappa shape index (κ3) is 4.50. The van der Waals surface area contributed by atoms with Crippen LogP contribution in [0.1, 0.15) is 47.3 Å². The zero-order chi connectivity index (χ0) is 21.3. The van der Waals surface area contributed by atoms with Crippen molar-refractivity contribution in [2.75, 3.05) is 19.6 Å². The average molecular weight is 419 g/mol. The lowest BCUT2D eigenvalue weighted by molar-refractivity contribution is -0.0764. The van der Waals surface area contributed by atoms with Crippen molar-refractivity contribution in [3.8, 4) is 0 Å². The molecule has 2 aliphatic rings. The van der Waals surface area contributed by atoms with E-state index in [0.717, 1.165) is 56.2 Å². The molecule has 31 heavy (non-hydrogen) atoms. The van der Waals surface area contributed by atoms with Crippen LogP contribution in [0.25, 0.3) is 10.9 Å². The highest BCUT2D eigenvalue weighted by Crippen LogP contribution is 2.39. The molecule has 1 atom stereocenters. The summed E-state index contributed by atoms with van der Waals surface area (Å²) in [5.41, 5.74) is 4.09. The molecule has 1 unspecified atom stereocenters. The molecule has 1 aromatic carbocycles. The first-order valence-corrected chi connectivity index (χ1v) is 11.3. The Kier molecular flexibility index (Phi) is 5.50. The van der Waals surface area contributed by atoms with Crippen LogP contribution >= 0.6 is 0 Å². The summed E-state index contributed by atoms with van der Waals surface area (Å²) < 4.78 is 6.49. The number of fused-ring (bicyclic) bond motifs is 1. The minimum absolute atomic E-state index is 0.0111. The van der Waals surface area contributed by atoms with E-state index in [1.807, 2.05) is 24.5 Å². The number of aromatic nitrogens is 2. The van der Waals surface area contributed by atoms with Crippen LogP contribution in [0.15, 0.2) is 48.8 Å². The molecule has 2 N–H and O–H groups in total. The molecule has 2 saturated heterocycles. The van der Waals surface area contributed by atoms with E-state index in [0.29, 0.717) is 12.2 Å². The highest BCUT2D eigenvalue weighted by molar-refractivity contribution is 5.98. The first-order chi connectivity index (χ1) is 15.1. The Morgan fingerprint density at radius 1 is 1.19 bits per heavy atom. The van der Waals surface area contributed by atoms with E-state index in [1.165, 1.54) is 11.1 Å². The number of ether oxygens (including phenoxy) is 1. The SMILES string of the molecule is Cc1ccc2[nH]c(C(=O)NCC3CCC4(CCN(Cc5ccncc5)CC4)O3)cc2c1. The van der Waals surface area contributed by atoms with Crippen LogP contribution in [0.4, 0.5) is 0 Å². The summed E-state index contributed by atoms with van der Waals surface area (Å²) in [5, 5.41) is 4.14. The number of likely N-dealkylation sites (tertiary alicyclic amines) is 1. The van der Waals surface area contributed by atoms with Gasteiger partial charge in [0.15, 0.2) is 0 Å². The quantitative estimate of drug-likeness (QED) is 0.661. The van der Waals surface area contributed by atoms with Gasteiger partial charge in [-0.05, 0) is 68.5 Å². The van der Waals surface area contributed by atoms with E-state index >= 15 is 0 Å². The summed E-state index contributed by atoms with van der Waals surface area (Å²) in [6.07, 6.45) is 8.03. The van der Waals surface area contributed by atoms with Crippen molar-refractivity contribution in [1.82, 2.24) is 20.2 Å². The Bertz CT molecular complexity index is 1050. The van der Waals surface area contributed by atoms with Crippen LogP contribution in [-0.4, -0.2) is 52.1 Å². The molecule has 0 aliphatic carbocycles. The maximum absolute atomic E-state index is 12.6. The van der Waals surface area contributed by atoms with Crippen LogP contribution in [0, 0.1) is 6.92 Å². The van der Waals surface area contributed by atoms with Gasteiger partial charge in [-0.25, -0.2) is 0 Å². The number of nitrogens with one attached hydrogen (secondary N) is 2. The number of carbonyl (C=O) groups is 1. The molecule has 1 spiro atoms. The highest BCUT2D eigenvalue weighted by Gasteiger charge is 2.42. The Labute approximate surface area is 183 Å². The summed E-state index contributed by atoms with van der Waals surface area (Å²) in [7, 11) is 0. The molecule has 0 saturated carbocycles. The second-order valence-corrected chi connectivity index (χ2v) is 9.08. The topological polar surface area (TPSA) is 70.2 Å². The lowest BCUT2D eigenvalue weighted by atomic mass is 9.88. The number of benzene rings is 1. The number of rotatable bonds is 5. The van der Waals surface area contributed by atoms with Gasteiger partial charge in [0, 0.05) is 49.5 Å². The first kappa shape index (κ1) is 20.2. The molecule has 4 heterocycles. The van der Waals surface area contributed by atoms with Crippen LogP contribution < -0.4 is 5.32 Å². The lowest BCUT2D eigenvalue weighted by Gasteiger charge is -2.39. The van der Waals surface area contributed by atoms with Gasteiger partial charge in [-0.15, -0.1) is 0 Å². The van der Waals surface area contributed by atoms with Crippen molar-refractivity contribution in [2.24, 2.45) is 0 Å². The normalized spacial score (nSPS) is 21.0. The molecule has 3 aromatic rings. The largest absolute Gasteiger partial charge is 0.370 e. The Balaban J connectivity index is 1.11. The molecule has 6 heteroatoms. The summed E-state index contributed by atoms with van der Waals surface area (Å²) >= 11 is 0. The van der Waals surface area contributed by atoms with Crippen molar-refractivity contribution in [2.45, 2.75) is 50.9 Å². The van der Waals surface area contributed by atoms with E-state index < -0.39 is 0 Å². The Morgan fingerprint density at radius 3 is 2.81 bits per heavy atom. The van der Waals surface area contributed by atoms with Gasteiger partial charge in [0.2, 0.25) is 0 Å². The molecule has 1 amide bonds. The highest BCUT2D eigenvalue weighted by atomic mass is 16.5. The molecule has 2 fully saturated rings. The van der Waals surface area contributed by atoms with Gasteiger partial charge in [-0.1, -0.05) is 11.6 Å². The van der Waals surface area contributed by atoms with E-state index in [4.69, 9.17) is 4.74 Å². The number of hydrogen-bond acceptors (Lipinski definition) is 4. The van der Waals surface area contributed by atoms with Gasteiger partial charge in [-0.2, -0.15) is 0 Å². The smallest absolute Gasteiger partial charge is 0.267 e. The van der Waals surface area contributed by atoms with Crippen LogP contribution in [0.3, 0.4) is 0 Å². The number of nitrogens with zero attached hydrogens (tertiary/aromatic N) is 2. The minimum atomic E-state index is -0.0643. The maximum Gasteiger partial charge on any atom is 0.267 e. The maximum atomic E-state index is 12.6. The second kappa shape index (κ2) is 8.44. The zero-order valence-corrected chi connectivity index (χ0v) is 18.1. The third-order valence-electron chi connectivity index (χ3n) is 6.77. The van der Waals surface area contributed by atoms with E-state index in [9.17, 15) is 4.79 Å². The predicted octanol–water partition coefficient (Wildman–Crippen LogP) is 3.81.